The van der Waals surface area contributed by atoms with Gasteiger partial charge in [0.15, 0.2) is 0 Å². The molecule has 0 aliphatic rings. The minimum absolute atomic E-state index is 0.0992. The molecule has 0 radical (unpaired) electrons. The van der Waals surface area contributed by atoms with Gasteiger partial charge in [0.25, 0.3) is 0 Å². The predicted octanol–water partition coefficient (Wildman–Crippen LogP) is 1.31. The van der Waals surface area contributed by atoms with Crippen molar-refractivity contribution in [3.63, 3.8) is 0 Å². The van der Waals surface area contributed by atoms with Gasteiger partial charge in [-0.3, -0.25) is 4.79 Å². The van der Waals surface area contributed by atoms with Crippen molar-refractivity contribution in [2.24, 2.45) is 11.7 Å². The van der Waals surface area contributed by atoms with Crippen LogP contribution in [0.3, 0.4) is 0 Å². The molecule has 4 nitrogen and oxygen atoms in total. The maximum absolute atomic E-state index is 11.5. The van der Waals surface area contributed by atoms with Crippen LogP contribution in [0, 0.1) is 5.92 Å². The molecule has 1 rings (SSSR count). The number of hydrogen-bond donors (Lipinski definition) is 3. The van der Waals surface area contributed by atoms with Gasteiger partial charge < -0.3 is 16.2 Å². The number of carbonyl (C=O) groups is 1. The summed E-state index contributed by atoms with van der Waals surface area (Å²) >= 11 is 0. The molecular formula is C11H16N2O2. The lowest BCUT2D eigenvalue weighted by molar-refractivity contribution is -0.118. The van der Waals surface area contributed by atoms with Gasteiger partial charge >= 0.3 is 0 Å². The van der Waals surface area contributed by atoms with Crippen molar-refractivity contribution < 1.29 is 9.90 Å². The van der Waals surface area contributed by atoms with Crippen LogP contribution in [-0.2, 0) is 4.79 Å². The van der Waals surface area contributed by atoms with Gasteiger partial charge in [-0.15, -0.1) is 0 Å². The third-order valence-corrected chi connectivity index (χ3v) is 2.16. The van der Waals surface area contributed by atoms with Gasteiger partial charge in [0, 0.05) is 5.69 Å². The van der Waals surface area contributed by atoms with Crippen LogP contribution in [0.4, 0.5) is 5.69 Å². The van der Waals surface area contributed by atoms with Crippen LogP contribution in [-0.4, -0.2) is 17.1 Å². The summed E-state index contributed by atoms with van der Waals surface area (Å²) in [4.78, 5) is 11.5. The van der Waals surface area contributed by atoms with Gasteiger partial charge in [-0.25, -0.2) is 0 Å². The zero-order chi connectivity index (χ0) is 11.4. The highest BCUT2D eigenvalue weighted by molar-refractivity contribution is 5.94. The second-order valence-electron chi connectivity index (χ2n) is 3.81. The van der Waals surface area contributed by atoms with E-state index in [9.17, 15) is 4.79 Å². The fourth-order valence-electron chi connectivity index (χ4n) is 1.07. The molecule has 4 N–H and O–H groups in total. The minimum Gasteiger partial charge on any atom is -0.508 e. The van der Waals surface area contributed by atoms with E-state index < -0.39 is 6.04 Å². The van der Waals surface area contributed by atoms with Gasteiger partial charge in [0.2, 0.25) is 5.91 Å². The number of nitrogens with one attached hydrogen (secondary N) is 1. The summed E-state index contributed by atoms with van der Waals surface area (Å²) in [5.74, 6) is 0.0546. The summed E-state index contributed by atoms with van der Waals surface area (Å²) in [6, 6.07) is 5.76. The number of amides is 1. The minimum atomic E-state index is -0.515. The lowest BCUT2D eigenvalue weighted by atomic mass is 10.1. The molecule has 1 aromatic carbocycles. The van der Waals surface area contributed by atoms with Crippen molar-refractivity contribution >= 4 is 11.6 Å². The van der Waals surface area contributed by atoms with E-state index in [0.717, 1.165) is 0 Å². The maximum atomic E-state index is 11.5. The molecule has 0 bridgehead atoms. The van der Waals surface area contributed by atoms with E-state index in [0.29, 0.717) is 5.69 Å². The number of rotatable bonds is 3. The summed E-state index contributed by atoms with van der Waals surface area (Å²) in [6.45, 7) is 3.78. The first-order chi connectivity index (χ1) is 7.00. The van der Waals surface area contributed by atoms with E-state index in [1.165, 1.54) is 12.1 Å². The summed E-state index contributed by atoms with van der Waals surface area (Å²) in [6.07, 6.45) is 0. The SMILES string of the molecule is CC(C)[C@H](N)C(=O)Nc1ccc(O)cc1. The molecule has 0 unspecified atom stereocenters. The van der Waals surface area contributed by atoms with E-state index in [4.69, 9.17) is 10.8 Å². The Balaban J connectivity index is 2.62. The number of hydrogen-bond acceptors (Lipinski definition) is 3. The van der Waals surface area contributed by atoms with Crippen LogP contribution < -0.4 is 11.1 Å². The van der Waals surface area contributed by atoms with E-state index in [1.54, 1.807) is 12.1 Å². The Morgan fingerprint density at radius 3 is 2.33 bits per heavy atom. The zero-order valence-electron chi connectivity index (χ0n) is 8.90. The van der Waals surface area contributed by atoms with Crippen LogP contribution in [0.15, 0.2) is 24.3 Å². The molecule has 0 saturated heterocycles. The van der Waals surface area contributed by atoms with Gasteiger partial charge in [-0.1, -0.05) is 13.8 Å². The Morgan fingerprint density at radius 2 is 1.87 bits per heavy atom. The molecule has 0 spiro atoms. The number of phenols is 1. The van der Waals surface area contributed by atoms with Gasteiger partial charge in [-0.05, 0) is 30.2 Å². The summed E-state index contributed by atoms with van der Waals surface area (Å²) in [5.41, 5.74) is 6.31. The van der Waals surface area contributed by atoms with Crippen molar-refractivity contribution in [1.29, 1.82) is 0 Å². The quantitative estimate of drug-likeness (QED) is 0.656. The molecule has 15 heavy (non-hydrogen) atoms. The number of benzene rings is 1. The molecular weight excluding hydrogens is 192 g/mol. The van der Waals surface area contributed by atoms with Gasteiger partial charge in [0.05, 0.1) is 6.04 Å². The average molecular weight is 208 g/mol. The molecule has 1 atom stereocenters. The second-order valence-corrected chi connectivity index (χ2v) is 3.81. The highest BCUT2D eigenvalue weighted by Crippen LogP contribution is 2.14. The fourth-order valence-corrected chi connectivity index (χ4v) is 1.07. The van der Waals surface area contributed by atoms with Crippen LogP contribution in [0.1, 0.15) is 13.8 Å². The first-order valence-electron chi connectivity index (χ1n) is 4.86. The number of phenolic OH excluding ortho intramolecular Hbond substituents is 1. The van der Waals surface area contributed by atoms with Crippen molar-refractivity contribution in [1.82, 2.24) is 0 Å². The Bertz CT molecular complexity index is 333. The third-order valence-electron chi connectivity index (χ3n) is 2.16. The molecule has 0 saturated carbocycles. The molecule has 1 aromatic rings. The third kappa shape index (κ3) is 3.25. The monoisotopic (exact) mass is 208 g/mol. The second kappa shape index (κ2) is 4.79. The zero-order valence-corrected chi connectivity index (χ0v) is 8.90. The molecule has 0 fully saturated rings. The van der Waals surface area contributed by atoms with Gasteiger partial charge in [-0.2, -0.15) is 0 Å². The van der Waals surface area contributed by atoms with Crippen molar-refractivity contribution in [3.8, 4) is 5.75 Å². The smallest absolute Gasteiger partial charge is 0.241 e. The lowest BCUT2D eigenvalue weighted by Gasteiger charge is -2.15. The molecule has 4 heteroatoms. The van der Waals surface area contributed by atoms with Crippen LogP contribution in [0.5, 0.6) is 5.75 Å². The fraction of sp³-hybridized carbons (Fsp3) is 0.364. The summed E-state index contributed by atoms with van der Waals surface area (Å²) < 4.78 is 0. The molecule has 0 aliphatic carbocycles. The molecule has 1 amide bonds. The Labute approximate surface area is 89.1 Å². The Hall–Kier alpha value is -1.55. The number of aromatic hydroxyl groups is 1. The molecule has 0 heterocycles. The topological polar surface area (TPSA) is 75.4 Å². The van der Waals surface area contributed by atoms with Crippen molar-refractivity contribution in [2.75, 3.05) is 5.32 Å². The first kappa shape index (κ1) is 11.5. The number of nitrogens with two attached hydrogens (primary N) is 1. The van der Waals surface area contributed by atoms with Crippen molar-refractivity contribution in [3.05, 3.63) is 24.3 Å². The summed E-state index contributed by atoms with van der Waals surface area (Å²) in [5, 5.41) is 11.7. The number of anilines is 1. The average Bonchev–Trinajstić information content (AvgIpc) is 2.20. The molecule has 0 aliphatic heterocycles. The van der Waals surface area contributed by atoms with Crippen LogP contribution >= 0.6 is 0 Å². The van der Waals surface area contributed by atoms with Crippen LogP contribution in [0.2, 0.25) is 0 Å². The highest BCUT2D eigenvalue weighted by Gasteiger charge is 2.16. The van der Waals surface area contributed by atoms with Gasteiger partial charge in [0.1, 0.15) is 5.75 Å². The number of carbonyl (C=O) groups excluding carboxylic acids is 1. The van der Waals surface area contributed by atoms with E-state index in [-0.39, 0.29) is 17.6 Å². The van der Waals surface area contributed by atoms with Crippen molar-refractivity contribution in [2.45, 2.75) is 19.9 Å². The normalized spacial score (nSPS) is 12.5. The van der Waals surface area contributed by atoms with E-state index in [1.807, 2.05) is 13.8 Å². The molecule has 0 aromatic heterocycles. The van der Waals surface area contributed by atoms with E-state index in [2.05, 4.69) is 5.32 Å². The Kier molecular flexibility index (Phi) is 3.68. The maximum Gasteiger partial charge on any atom is 0.241 e. The summed E-state index contributed by atoms with van der Waals surface area (Å²) in [7, 11) is 0. The lowest BCUT2D eigenvalue weighted by Crippen LogP contribution is -2.39. The largest absolute Gasteiger partial charge is 0.508 e. The first-order valence-corrected chi connectivity index (χ1v) is 4.86. The highest BCUT2D eigenvalue weighted by atomic mass is 16.3. The predicted molar refractivity (Wildman–Crippen MR) is 59.5 cm³/mol. The standard InChI is InChI=1S/C11H16N2O2/c1-7(2)10(12)11(15)13-8-3-5-9(14)6-4-8/h3-7,10,14H,12H2,1-2H3,(H,13,15)/t10-/m0/s1. The van der Waals surface area contributed by atoms with Crippen LogP contribution in [0.25, 0.3) is 0 Å². The molecule has 82 valence electrons. The Morgan fingerprint density at radius 1 is 1.33 bits per heavy atom. The van der Waals surface area contributed by atoms with E-state index >= 15 is 0 Å².